The van der Waals surface area contributed by atoms with Crippen LogP contribution in [0.5, 0.6) is 11.5 Å². The molecule has 6 heteroatoms. The summed E-state index contributed by atoms with van der Waals surface area (Å²) in [6.45, 7) is 8.83. The molecule has 1 aromatic rings. The Morgan fingerprint density at radius 2 is 1.57 bits per heavy atom. The lowest BCUT2D eigenvalue weighted by Gasteiger charge is -2.25. The number of benzene rings is 1. The number of carbonyl (C=O) groups is 2. The summed E-state index contributed by atoms with van der Waals surface area (Å²) < 4.78 is 15.8. The van der Waals surface area contributed by atoms with Crippen molar-refractivity contribution in [2.45, 2.75) is 45.6 Å². The molecule has 0 saturated carbocycles. The summed E-state index contributed by atoms with van der Waals surface area (Å²) in [7, 11) is 3.01. The molecule has 0 bridgehead atoms. The van der Waals surface area contributed by atoms with Gasteiger partial charge < -0.3 is 19.0 Å². The SMILES string of the molecule is COc1cc(NC(=O)OC(C)(C)C)c(C(C)(C)C=O)cc1OC. The van der Waals surface area contributed by atoms with E-state index in [1.807, 2.05) is 0 Å². The number of nitrogens with one attached hydrogen (secondary N) is 1. The maximum absolute atomic E-state index is 12.1. The second-order valence-electron chi connectivity index (χ2n) is 6.72. The molecule has 0 saturated heterocycles. The maximum Gasteiger partial charge on any atom is 0.412 e. The number of rotatable bonds is 5. The highest BCUT2D eigenvalue weighted by Gasteiger charge is 2.27. The fraction of sp³-hybridized carbons (Fsp3) is 0.529. The minimum atomic E-state index is -0.816. The maximum atomic E-state index is 12.1. The van der Waals surface area contributed by atoms with Gasteiger partial charge in [-0.25, -0.2) is 4.79 Å². The zero-order valence-corrected chi connectivity index (χ0v) is 14.8. The Hall–Kier alpha value is -2.24. The number of methoxy groups -OCH3 is 2. The summed E-state index contributed by atoms with van der Waals surface area (Å²) in [6, 6.07) is 3.29. The molecule has 0 radical (unpaired) electrons. The summed E-state index contributed by atoms with van der Waals surface area (Å²) in [5.41, 5.74) is -0.393. The molecule has 0 unspecified atom stereocenters. The number of amides is 1. The van der Waals surface area contributed by atoms with Crippen LogP contribution in [-0.4, -0.2) is 32.2 Å². The first kappa shape index (κ1) is 18.8. The highest BCUT2D eigenvalue weighted by Crippen LogP contribution is 2.38. The Morgan fingerprint density at radius 1 is 1.04 bits per heavy atom. The lowest BCUT2D eigenvalue weighted by molar-refractivity contribution is -0.111. The van der Waals surface area contributed by atoms with Crippen molar-refractivity contribution in [3.05, 3.63) is 17.7 Å². The number of carbonyl (C=O) groups excluding carboxylic acids is 2. The lowest BCUT2D eigenvalue weighted by Crippen LogP contribution is -2.29. The van der Waals surface area contributed by atoms with Crippen molar-refractivity contribution in [2.24, 2.45) is 0 Å². The quantitative estimate of drug-likeness (QED) is 0.839. The molecule has 0 fully saturated rings. The Morgan fingerprint density at radius 3 is 2.00 bits per heavy atom. The van der Waals surface area contributed by atoms with Crippen LogP contribution < -0.4 is 14.8 Å². The zero-order valence-electron chi connectivity index (χ0n) is 14.8. The number of aldehydes is 1. The Labute approximate surface area is 137 Å². The first-order valence-corrected chi connectivity index (χ1v) is 7.27. The zero-order chi connectivity index (χ0) is 17.8. The summed E-state index contributed by atoms with van der Waals surface area (Å²) in [4.78, 5) is 23.5. The second-order valence-corrected chi connectivity index (χ2v) is 6.72. The van der Waals surface area contributed by atoms with Crippen LogP contribution in [-0.2, 0) is 14.9 Å². The van der Waals surface area contributed by atoms with Gasteiger partial charge in [-0.05, 0) is 46.2 Å². The van der Waals surface area contributed by atoms with Gasteiger partial charge in [0, 0.05) is 11.5 Å². The molecular formula is C17H25NO5. The van der Waals surface area contributed by atoms with Crippen molar-refractivity contribution in [1.82, 2.24) is 0 Å². The second kappa shape index (κ2) is 6.89. The van der Waals surface area contributed by atoms with E-state index in [2.05, 4.69) is 5.32 Å². The third kappa shape index (κ3) is 4.87. The van der Waals surface area contributed by atoms with Crippen LogP contribution in [0.4, 0.5) is 10.5 Å². The molecule has 0 aliphatic heterocycles. The van der Waals surface area contributed by atoms with E-state index in [1.165, 1.54) is 14.2 Å². The summed E-state index contributed by atoms with van der Waals surface area (Å²) in [5, 5.41) is 2.68. The number of ether oxygens (including phenoxy) is 3. The number of hydrogen-bond donors (Lipinski definition) is 1. The monoisotopic (exact) mass is 323 g/mol. The average Bonchev–Trinajstić information content (AvgIpc) is 2.44. The molecule has 1 aromatic carbocycles. The van der Waals surface area contributed by atoms with E-state index >= 15 is 0 Å². The van der Waals surface area contributed by atoms with Crippen LogP contribution in [0.15, 0.2) is 12.1 Å². The molecule has 0 aromatic heterocycles. The van der Waals surface area contributed by atoms with E-state index in [0.29, 0.717) is 22.7 Å². The van der Waals surface area contributed by atoms with Crippen molar-refractivity contribution < 1.29 is 23.8 Å². The fourth-order valence-electron chi connectivity index (χ4n) is 1.99. The third-order valence-corrected chi connectivity index (χ3v) is 3.15. The van der Waals surface area contributed by atoms with Crippen LogP contribution in [0.25, 0.3) is 0 Å². The molecule has 0 aliphatic rings. The minimum Gasteiger partial charge on any atom is -0.493 e. The summed E-state index contributed by atoms with van der Waals surface area (Å²) in [6.07, 6.45) is 0.210. The van der Waals surface area contributed by atoms with Crippen molar-refractivity contribution >= 4 is 18.1 Å². The van der Waals surface area contributed by atoms with E-state index in [1.54, 1.807) is 46.8 Å². The Kier molecular flexibility index (Phi) is 5.64. The Bertz CT molecular complexity index is 587. The van der Waals surface area contributed by atoms with Gasteiger partial charge in [-0.1, -0.05) is 0 Å². The highest BCUT2D eigenvalue weighted by atomic mass is 16.6. The molecule has 128 valence electrons. The van der Waals surface area contributed by atoms with E-state index in [0.717, 1.165) is 6.29 Å². The molecule has 1 N–H and O–H groups in total. The van der Waals surface area contributed by atoms with Gasteiger partial charge in [-0.3, -0.25) is 5.32 Å². The highest BCUT2D eigenvalue weighted by molar-refractivity contribution is 5.88. The normalized spacial score (nSPS) is 11.6. The largest absolute Gasteiger partial charge is 0.493 e. The molecule has 1 amide bonds. The predicted octanol–water partition coefficient (Wildman–Crippen LogP) is 3.53. The smallest absolute Gasteiger partial charge is 0.412 e. The van der Waals surface area contributed by atoms with E-state index in [-0.39, 0.29) is 0 Å². The van der Waals surface area contributed by atoms with Crippen LogP contribution in [0, 0.1) is 0 Å². The van der Waals surface area contributed by atoms with E-state index < -0.39 is 17.1 Å². The molecule has 0 spiro atoms. The van der Waals surface area contributed by atoms with Gasteiger partial charge in [0.05, 0.1) is 19.9 Å². The number of anilines is 1. The van der Waals surface area contributed by atoms with Crippen molar-refractivity contribution in [2.75, 3.05) is 19.5 Å². The minimum absolute atomic E-state index is 0.439. The molecule has 0 atom stereocenters. The van der Waals surface area contributed by atoms with Gasteiger partial charge in [0.25, 0.3) is 0 Å². The van der Waals surface area contributed by atoms with Crippen LogP contribution >= 0.6 is 0 Å². The summed E-state index contributed by atoms with van der Waals surface area (Å²) in [5.74, 6) is 0.927. The van der Waals surface area contributed by atoms with Gasteiger partial charge in [-0.2, -0.15) is 0 Å². The van der Waals surface area contributed by atoms with E-state index in [9.17, 15) is 9.59 Å². The van der Waals surface area contributed by atoms with Gasteiger partial charge in [0.15, 0.2) is 11.5 Å². The van der Waals surface area contributed by atoms with Gasteiger partial charge in [-0.15, -0.1) is 0 Å². The van der Waals surface area contributed by atoms with Crippen molar-refractivity contribution in [3.63, 3.8) is 0 Å². The fourth-order valence-corrected chi connectivity index (χ4v) is 1.99. The van der Waals surface area contributed by atoms with Crippen LogP contribution in [0.3, 0.4) is 0 Å². The topological polar surface area (TPSA) is 73.9 Å². The molecular weight excluding hydrogens is 298 g/mol. The Balaban J connectivity index is 3.32. The molecule has 1 rings (SSSR count). The number of hydrogen-bond acceptors (Lipinski definition) is 5. The predicted molar refractivity (Wildman–Crippen MR) is 88.5 cm³/mol. The van der Waals surface area contributed by atoms with Crippen LogP contribution in [0.2, 0.25) is 0 Å². The van der Waals surface area contributed by atoms with Crippen molar-refractivity contribution in [3.8, 4) is 11.5 Å². The average molecular weight is 323 g/mol. The molecule has 6 nitrogen and oxygen atoms in total. The van der Waals surface area contributed by atoms with Gasteiger partial charge in [0.2, 0.25) is 0 Å². The van der Waals surface area contributed by atoms with E-state index in [4.69, 9.17) is 14.2 Å². The van der Waals surface area contributed by atoms with Gasteiger partial charge >= 0.3 is 6.09 Å². The first-order valence-electron chi connectivity index (χ1n) is 7.27. The van der Waals surface area contributed by atoms with Crippen molar-refractivity contribution in [1.29, 1.82) is 0 Å². The standard InChI is InChI=1S/C17H25NO5/c1-16(2,3)23-15(20)18-12-9-14(22-7)13(21-6)8-11(12)17(4,5)10-19/h8-10H,1-7H3,(H,18,20). The summed E-state index contributed by atoms with van der Waals surface area (Å²) >= 11 is 0. The molecule has 0 aliphatic carbocycles. The van der Waals surface area contributed by atoms with Crippen LogP contribution in [0.1, 0.15) is 40.2 Å². The molecule has 0 heterocycles. The van der Waals surface area contributed by atoms with Gasteiger partial charge in [0.1, 0.15) is 11.9 Å². The lowest BCUT2D eigenvalue weighted by atomic mass is 9.84. The first-order chi connectivity index (χ1) is 10.5. The molecule has 23 heavy (non-hydrogen) atoms. The third-order valence-electron chi connectivity index (χ3n) is 3.15.